The van der Waals surface area contributed by atoms with E-state index in [1.807, 2.05) is 0 Å². The van der Waals surface area contributed by atoms with Gasteiger partial charge in [-0.15, -0.1) is 5.10 Å². The Hall–Kier alpha value is -1.07. The first-order valence-electron chi connectivity index (χ1n) is 2.67. The molecule has 1 heterocycles. The van der Waals surface area contributed by atoms with E-state index in [0.717, 1.165) is 0 Å². The summed E-state index contributed by atoms with van der Waals surface area (Å²) in [6.45, 7) is 1.34. The van der Waals surface area contributed by atoms with E-state index in [9.17, 15) is 13.2 Å². The second-order valence-electron chi connectivity index (χ2n) is 1.92. The van der Waals surface area contributed by atoms with Crippen LogP contribution in [0.3, 0.4) is 0 Å². The lowest BCUT2D eigenvalue weighted by Crippen LogP contribution is -2.07. The lowest BCUT2D eigenvalue weighted by atomic mass is 10.6. The molecule has 3 nitrogen and oxygen atoms in total. The third kappa shape index (κ3) is 1.50. The maximum Gasteiger partial charge on any atom is 0.453 e. The van der Waals surface area contributed by atoms with E-state index >= 15 is 0 Å². The first kappa shape index (κ1) is 8.03. The quantitative estimate of drug-likeness (QED) is 0.573. The van der Waals surface area contributed by atoms with Crippen LogP contribution in [0.2, 0.25) is 0 Å². The maximum absolute atomic E-state index is 11.8. The molecule has 0 saturated heterocycles. The molecule has 0 aliphatic heterocycles. The van der Waals surface area contributed by atoms with Crippen molar-refractivity contribution in [2.24, 2.45) is 0 Å². The van der Waals surface area contributed by atoms with Crippen molar-refractivity contribution in [1.82, 2.24) is 14.8 Å². The second kappa shape index (κ2) is 2.21. The van der Waals surface area contributed by atoms with Crippen LogP contribution in [-0.2, 0) is 6.18 Å². The van der Waals surface area contributed by atoms with Crippen molar-refractivity contribution in [3.05, 3.63) is 18.7 Å². The number of nitrogens with zero attached hydrogens (tertiary/aromatic N) is 3. The minimum atomic E-state index is -4.52. The molecule has 0 atom stereocenters. The molecule has 11 heavy (non-hydrogen) atoms. The van der Waals surface area contributed by atoms with Gasteiger partial charge in [-0.25, -0.2) is 9.67 Å². The van der Waals surface area contributed by atoms with Gasteiger partial charge in [0, 0.05) is 0 Å². The summed E-state index contributed by atoms with van der Waals surface area (Å²) in [6.07, 6.45) is -4.52. The number of alkyl halides is 3. The van der Waals surface area contributed by atoms with E-state index in [1.54, 1.807) is 0 Å². The smallest absolute Gasteiger partial charge is 0.242 e. The minimum absolute atomic E-state index is 0.0253. The normalized spacial score (nSPS) is 12.1. The largest absolute Gasteiger partial charge is 0.453 e. The molecule has 0 N–H and O–H groups in total. The van der Waals surface area contributed by atoms with Crippen LogP contribution < -0.4 is 0 Å². The van der Waals surface area contributed by atoms with Crippen LogP contribution in [0.15, 0.2) is 0 Å². The zero-order valence-corrected chi connectivity index (χ0v) is 5.55. The van der Waals surface area contributed by atoms with Crippen molar-refractivity contribution in [3.8, 4) is 0 Å². The summed E-state index contributed by atoms with van der Waals surface area (Å²) in [7, 11) is 4.98. The summed E-state index contributed by atoms with van der Waals surface area (Å²) < 4.78 is 35.9. The van der Waals surface area contributed by atoms with Gasteiger partial charge in [0.2, 0.25) is 0 Å². The number of halogens is 3. The molecule has 60 valence electrons. The molecule has 0 fully saturated rings. The molecule has 0 saturated carbocycles. The van der Waals surface area contributed by atoms with Crippen LogP contribution in [-0.4, -0.2) is 14.8 Å². The fraction of sp³-hybridized carbons (Fsp3) is 0.400. The van der Waals surface area contributed by atoms with Crippen molar-refractivity contribution >= 4 is 0 Å². The Labute approximate surface area is 60.8 Å². The van der Waals surface area contributed by atoms with Crippen molar-refractivity contribution in [1.29, 1.82) is 0 Å². The van der Waals surface area contributed by atoms with Crippen LogP contribution in [0.25, 0.3) is 0 Å². The first-order chi connectivity index (χ1) is 4.91. The Balaban J connectivity index is 3.08. The summed E-state index contributed by atoms with van der Waals surface area (Å²) in [5.74, 6) is -1.19. The molecule has 0 unspecified atom stereocenters. The van der Waals surface area contributed by atoms with Gasteiger partial charge in [0.1, 0.15) is 12.9 Å². The van der Waals surface area contributed by atoms with Gasteiger partial charge in [0.05, 0.1) is 0 Å². The van der Waals surface area contributed by atoms with Crippen LogP contribution >= 0.6 is 0 Å². The second-order valence-corrected chi connectivity index (χ2v) is 1.92. The molecule has 1 aromatic rings. The molecule has 6 heteroatoms. The van der Waals surface area contributed by atoms with Gasteiger partial charge in [-0.1, -0.05) is 0 Å². The standard InChI is InChI=1S/C5H4F3N3/c1-3-9-4(5(6,7)8)10-11(3)2/h2H,1H3. The molecule has 0 aliphatic carbocycles. The zero-order valence-electron chi connectivity index (χ0n) is 5.55. The minimum Gasteiger partial charge on any atom is -0.242 e. The molecule has 0 bridgehead atoms. The monoisotopic (exact) mass is 163 g/mol. The molecular weight excluding hydrogens is 159 g/mol. The summed E-state index contributed by atoms with van der Waals surface area (Å²) >= 11 is 0. The van der Waals surface area contributed by atoms with Crippen molar-refractivity contribution in [2.45, 2.75) is 13.1 Å². The van der Waals surface area contributed by atoms with Gasteiger partial charge >= 0.3 is 6.18 Å². The van der Waals surface area contributed by atoms with E-state index in [2.05, 4.69) is 10.1 Å². The van der Waals surface area contributed by atoms with Gasteiger partial charge in [-0.2, -0.15) is 13.2 Å². The van der Waals surface area contributed by atoms with Crippen molar-refractivity contribution in [2.75, 3.05) is 0 Å². The van der Waals surface area contributed by atoms with E-state index in [4.69, 9.17) is 7.05 Å². The van der Waals surface area contributed by atoms with Gasteiger partial charge in [-0.05, 0) is 6.92 Å². The molecule has 0 amide bonds. The predicted molar refractivity (Wildman–Crippen MR) is 29.5 cm³/mol. The van der Waals surface area contributed by atoms with Gasteiger partial charge < -0.3 is 0 Å². The Kier molecular flexibility index (Phi) is 1.62. The SMILES string of the molecule is [CH]n1nc(C(F)(F)F)nc1C. The van der Waals surface area contributed by atoms with Crippen LogP contribution in [0.1, 0.15) is 11.6 Å². The zero-order chi connectivity index (χ0) is 8.65. The maximum atomic E-state index is 11.8. The Morgan fingerprint density at radius 3 is 2.18 bits per heavy atom. The molecule has 2 radical (unpaired) electrons. The van der Waals surface area contributed by atoms with Crippen molar-refractivity contribution < 1.29 is 13.2 Å². The summed E-state index contributed by atoms with van der Waals surface area (Å²) in [4.78, 5) is 3.08. The number of aryl methyl sites for hydroxylation is 1. The Bertz CT molecular complexity index is 243. The Morgan fingerprint density at radius 2 is 2.00 bits per heavy atom. The fourth-order valence-electron chi connectivity index (χ4n) is 0.521. The highest BCUT2D eigenvalue weighted by Crippen LogP contribution is 2.25. The molecular formula is C5H4F3N3. The summed E-state index contributed by atoms with van der Waals surface area (Å²) in [6, 6.07) is 0. The lowest BCUT2D eigenvalue weighted by molar-refractivity contribution is -0.144. The number of hydrogen-bond donors (Lipinski definition) is 0. The number of aromatic nitrogens is 3. The molecule has 1 rings (SSSR count). The molecule has 0 aliphatic rings. The topological polar surface area (TPSA) is 30.7 Å². The summed E-state index contributed by atoms with van der Waals surface area (Å²) in [5, 5.41) is 2.94. The molecule has 1 aromatic heterocycles. The highest BCUT2D eigenvalue weighted by molar-refractivity contribution is 4.94. The van der Waals surface area contributed by atoms with E-state index in [1.165, 1.54) is 6.92 Å². The lowest BCUT2D eigenvalue weighted by Gasteiger charge is -1.97. The van der Waals surface area contributed by atoms with Gasteiger partial charge in [0.15, 0.2) is 0 Å². The van der Waals surface area contributed by atoms with Crippen LogP contribution in [0.4, 0.5) is 13.2 Å². The highest BCUT2D eigenvalue weighted by atomic mass is 19.4. The third-order valence-electron chi connectivity index (χ3n) is 1.06. The Morgan fingerprint density at radius 1 is 1.45 bits per heavy atom. The van der Waals surface area contributed by atoms with E-state index in [-0.39, 0.29) is 5.82 Å². The molecule has 0 aromatic carbocycles. The van der Waals surface area contributed by atoms with Crippen LogP contribution in [0, 0.1) is 14.0 Å². The fourth-order valence-corrected chi connectivity index (χ4v) is 0.521. The van der Waals surface area contributed by atoms with Crippen molar-refractivity contribution in [3.63, 3.8) is 0 Å². The van der Waals surface area contributed by atoms with Crippen LogP contribution in [0.5, 0.6) is 0 Å². The predicted octanol–water partition coefficient (Wildman–Crippen LogP) is 1.12. The summed E-state index contributed by atoms with van der Waals surface area (Å²) in [5.41, 5.74) is 0. The number of rotatable bonds is 0. The van der Waals surface area contributed by atoms with Gasteiger partial charge in [-0.3, -0.25) is 0 Å². The number of hydrogen-bond acceptors (Lipinski definition) is 2. The first-order valence-corrected chi connectivity index (χ1v) is 2.67. The average molecular weight is 163 g/mol. The van der Waals surface area contributed by atoms with Gasteiger partial charge in [0.25, 0.3) is 5.82 Å². The average Bonchev–Trinajstić information content (AvgIpc) is 2.11. The third-order valence-corrected chi connectivity index (χ3v) is 1.06. The van der Waals surface area contributed by atoms with E-state index in [0.29, 0.717) is 4.68 Å². The highest BCUT2D eigenvalue weighted by Gasteiger charge is 2.36. The molecule has 0 spiro atoms. The van der Waals surface area contributed by atoms with E-state index < -0.39 is 12.0 Å².